The van der Waals surface area contributed by atoms with Crippen molar-refractivity contribution in [2.45, 2.75) is 18.5 Å². The third-order valence-electron chi connectivity index (χ3n) is 4.95. The van der Waals surface area contributed by atoms with Gasteiger partial charge in [0.15, 0.2) is 11.5 Å². The molecule has 0 amide bonds. The summed E-state index contributed by atoms with van der Waals surface area (Å²) >= 11 is 0. The second-order valence-corrected chi connectivity index (χ2v) is 6.09. The minimum atomic E-state index is 0.140. The van der Waals surface area contributed by atoms with Gasteiger partial charge in [-0.05, 0) is 23.6 Å². The maximum absolute atomic E-state index is 9.46. The van der Waals surface area contributed by atoms with Gasteiger partial charge in [-0.15, -0.1) is 0 Å². The predicted molar refractivity (Wildman–Crippen MR) is 82.6 cm³/mol. The summed E-state index contributed by atoms with van der Waals surface area (Å²) in [7, 11) is 0. The van der Waals surface area contributed by atoms with E-state index in [2.05, 4.69) is 29.2 Å². The maximum Gasteiger partial charge on any atom is 0.231 e. The smallest absolute Gasteiger partial charge is 0.231 e. The molecule has 5 nitrogen and oxygen atoms in total. The lowest BCUT2D eigenvalue weighted by atomic mass is 9.95. The highest BCUT2D eigenvalue weighted by Crippen LogP contribution is 2.53. The molecule has 0 saturated carbocycles. The molecule has 0 aliphatic carbocycles. The van der Waals surface area contributed by atoms with Crippen LogP contribution in [0.4, 0.5) is 0 Å². The van der Waals surface area contributed by atoms with Crippen molar-refractivity contribution in [1.82, 2.24) is 4.90 Å². The summed E-state index contributed by atoms with van der Waals surface area (Å²) in [6.45, 7) is 0.934. The molecule has 2 atom stereocenters. The fourth-order valence-electron chi connectivity index (χ4n) is 3.98. The summed E-state index contributed by atoms with van der Waals surface area (Å²) in [5.41, 5.74) is 3.67. The van der Waals surface area contributed by atoms with E-state index >= 15 is 0 Å². The molecule has 0 spiro atoms. The Morgan fingerprint density at radius 2 is 1.74 bits per heavy atom. The highest BCUT2D eigenvalue weighted by molar-refractivity contribution is 5.57. The number of nitrogens with zero attached hydrogens (tertiary/aromatic N) is 1. The molecule has 3 heterocycles. The molecule has 2 aromatic rings. The summed E-state index contributed by atoms with van der Waals surface area (Å²) in [5.74, 6) is 2.38. The van der Waals surface area contributed by atoms with Gasteiger partial charge in [0.25, 0.3) is 0 Å². The van der Waals surface area contributed by atoms with Gasteiger partial charge in [0.1, 0.15) is 12.5 Å². The number of aliphatic hydroxyl groups is 1. The van der Waals surface area contributed by atoms with Crippen LogP contribution < -0.4 is 14.2 Å². The first-order valence-electron chi connectivity index (χ1n) is 7.88. The number of aliphatic hydroxyl groups excluding tert-OH is 1. The Balaban J connectivity index is 1.67. The Morgan fingerprint density at radius 3 is 2.57 bits per heavy atom. The van der Waals surface area contributed by atoms with E-state index in [0.717, 1.165) is 22.8 Å². The molecule has 118 valence electrons. The first-order valence-corrected chi connectivity index (χ1v) is 7.88. The number of ether oxygens (including phenoxy) is 3. The van der Waals surface area contributed by atoms with Crippen LogP contribution in [0, 0.1) is 0 Å². The van der Waals surface area contributed by atoms with Gasteiger partial charge in [0.05, 0.1) is 6.04 Å². The van der Waals surface area contributed by atoms with Crippen LogP contribution in [-0.2, 0) is 0 Å². The van der Waals surface area contributed by atoms with E-state index in [1.165, 1.54) is 11.1 Å². The van der Waals surface area contributed by atoms with E-state index < -0.39 is 0 Å². The first-order chi connectivity index (χ1) is 11.4. The van der Waals surface area contributed by atoms with E-state index in [1.807, 2.05) is 12.1 Å². The number of hydrogen-bond donors (Lipinski definition) is 1. The fourth-order valence-corrected chi connectivity index (χ4v) is 3.98. The van der Waals surface area contributed by atoms with Crippen molar-refractivity contribution in [3.05, 3.63) is 53.1 Å². The highest BCUT2D eigenvalue weighted by atomic mass is 16.7. The first kappa shape index (κ1) is 13.2. The zero-order chi connectivity index (χ0) is 15.4. The summed E-state index contributed by atoms with van der Waals surface area (Å²) < 4.78 is 17.0. The molecular formula is C18H17NO4. The molecule has 3 aliphatic heterocycles. The van der Waals surface area contributed by atoms with Gasteiger partial charge in [-0.1, -0.05) is 24.3 Å². The van der Waals surface area contributed by atoms with Gasteiger partial charge in [-0.25, -0.2) is 0 Å². The van der Waals surface area contributed by atoms with Crippen LogP contribution in [0.15, 0.2) is 36.4 Å². The van der Waals surface area contributed by atoms with Crippen LogP contribution in [-0.4, -0.2) is 30.1 Å². The Labute approximate surface area is 134 Å². The molecule has 0 fully saturated rings. The Bertz CT molecular complexity index is 776. The van der Waals surface area contributed by atoms with E-state index in [-0.39, 0.29) is 25.5 Å². The largest absolute Gasteiger partial charge is 0.478 e. The molecule has 23 heavy (non-hydrogen) atoms. The van der Waals surface area contributed by atoms with Crippen LogP contribution in [0.3, 0.4) is 0 Å². The molecule has 1 N–H and O–H groups in total. The molecule has 0 radical (unpaired) electrons. The van der Waals surface area contributed by atoms with Gasteiger partial charge in [-0.3, -0.25) is 4.90 Å². The van der Waals surface area contributed by atoms with Crippen LogP contribution >= 0.6 is 0 Å². The minimum absolute atomic E-state index is 0.140. The second kappa shape index (κ2) is 4.88. The minimum Gasteiger partial charge on any atom is -0.478 e. The van der Waals surface area contributed by atoms with E-state index in [0.29, 0.717) is 13.2 Å². The topological polar surface area (TPSA) is 51.2 Å². The zero-order valence-electron chi connectivity index (χ0n) is 12.6. The number of hydrogen-bond acceptors (Lipinski definition) is 5. The van der Waals surface area contributed by atoms with Crippen LogP contribution in [0.1, 0.15) is 35.2 Å². The Kier molecular flexibility index (Phi) is 2.80. The van der Waals surface area contributed by atoms with Crippen molar-refractivity contribution >= 4 is 0 Å². The standard InChI is InChI=1S/C18H17NO4/c20-6-5-14-11-3-1-2-4-12(11)18-13-7-16-17(23-10-22-16)8-15(13)21-9-19(14)18/h1-4,7-8,14,18,20H,5-6,9-10H2/t14-,18-/m0/s1. The lowest BCUT2D eigenvalue weighted by Gasteiger charge is -2.35. The lowest BCUT2D eigenvalue weighted by Crippen LogP contribution is -2.35. The molecule has 5 rings (SSSR count). The quantitative estimate of drug-likeness (QED) is 0.924. The predicted octanol–water partition coefficient (Wildman–Crippen LogP) is 2.59. The van der Waals surface area contributed by atoms with Gasteiger partial charge < -0.3 is 19.3 Å². The molecule has 2 aromatic carbocycles. The number of rotatable bonds is 2. The monoisotopic (exact) mass is 311 g/mol. The fraction of sp³-hybridized carbons (Fsp3) is 0.333. The molecule has 0 bridgehead atoms. The third-order valence-corrected chi connectivity index (χ3v) is 4.95. The van der Waals surface area contributed by atoms with Gasteiger partial charge in [0.2, 0.25) is 6.79 Å². The normalized spacial score (nSPS) is 23.9. The molecule has 0 aromatic heterocycles. The summed E-state index contributed by atoms with van der Waals surface area (Å²) in [6, 6.07) is 12.7. The molecule has 5 heteroatoms. The van der Waals surface area contributed by atoms with Gasteiger partial charge in [-0.2, -0.15) is 0 Å². The van der Waals surface area contributed by atoms with E-state index in [4.69, 9.17) is 14.2 Å². The summed E-state index contributed by atoms with van der Waals surface area (Å²) in [6.07, 6.45) is 0.705. The van der Waals surface area contributed by atoms with Crippen LogP contribution in [0.5, 0.6) is 17.2 Å². The van der Waals surface area contributed by atoms with E-state index in [1.54, 1.807) is 0 Å². The van der Waals surface area contributed by atoms with Crippen LogP contribution in [0.25, 0.3) is 0 Å². The highest BCUT2D eigenvalue weighted by Gasteiger charge is 2.43. The van der Waals surface area contributed by atoms with Crippen LogP contribution in [0.2, 0.25) is 0 Å². The van der Waals surface area contributed by atoms with Gasteiger partial charge >= 0.3 is 0 Å². The van der Waals surface area contributed by atoms with Crippen molar-refractivity contribution in [3.8, 4) is 17.2 Å². The van der Waals surface area contributed by atoms with Crippen molar-refractivity contribution in [3.63, 3.8) is 0 Å². The van der Waals surface area contributed by atoms with Crippen molar-refractivity contribution in [1.29, 1.82) is 0 Å². The SMILES string of the molecule is OCC[C@H]1c2ccccc2[C@H]2c3cc4c(cc3OCN21)OCO4. The maximum atomic E-state index is 9.46. The lowest BCUT2D eigenvalue weighted by molar-refractivity contribution is 0.0404. The average molecular weight is 311 g/mol. The summed E-state index contributed by atoms with van der Waals surface area (Å²) in [4.78, 5) is 2.31. The van der Waals surface area contributed by atoms with Gasteiger partial charge in [0, 0.05) is 24.3 Å². The molecule has 0 saturated heterocycles. The zero-order valence-corrected chi connectivity index (χ0v) is 12.6. The van der Waals surface area contributed by atoms with Crippen molar-refractivity contribution in [2.24, 2.45) is 0 Å². The average Bonchev–Trinajstić information content (AvgIpc) is 3.16. The Hall–Kier alpha value is -2.24. The molecular weight excluding hydrogens is 294 g/mol. The van der Waals surface area contributed by atoms with E-state index in [9.17, 15) is 5.11 Å². The molecule has 3 aliphatic rings. The Morgan fingerprint density at radius 1 is 0.957 bits per heavy atom. The number of benzene rings is 2. The third kappa shape index (κ3) is 1.81. The summed E-state index contributed by atoms with van der Waals surface area (Å²) in [5, 5.41) is 9.46. The van der Waals surface area contributed by atoms with Crippen molar-refractivity contribution in [2.75, 3.05) is 20.1 Å². The number of fused-ring (bicyclic) bond motifs is 6. The second-order valence-electron chi connectivity index (χ2n) is 6.09. The van der Waals surface area contributed by atoms with Crippen molar-refractivity contribution < 1.29 is 19.3 Å². The molecule has 0 unspecified atom stereocenters.